The van der Waals surface area contributed by atoms with Gasteiger partial charge in [-0.05, 0) is 41.8 Å². The van der Waals surface area contributed by atoms with Gasteiger partial charge in [-0.15, -0.1) is 0 Å². The van der Waals surface area contributed by atoms with Gasteiger partial charge in [0.25, 0.3) is 5.91 Å². The van der Waals surface area contributed by atoms with Gasteiger partial charge in [-0.2, -0.15) is 0 Å². The highest BCUT2D eigenvalue weighted by Gasteiger charge is 2.14. The van der Waals surface area contributed by atoms with Crippen molar-refractivity contribution in [3.63, 3.8) is 0 Å². The molecule has 0 spiro atoms. The minimum absolute atomic E-state index is 0.0276. The predicted molar refractivity (Wildman–Crippen MR) is 112 cm³/mol. The van der Waals surface area contributed by atoms with Crippen molar-refractivity contribution in [2.75, 3.05) is 25.5 Å². The second-order valence-electron chi connectivity index (χ2n) is 6.86. The van der Waals surface area contributed by atoms with Crippen molar-refractivity contribution >= 4 is 11.6 Å². The molecule has 0 bridgehead atoms. The number of carbonyl (C=O) groups excluding carboxylic acids is 1. The van der Waals surface area contributed by atoms with Gasteiger partial charge in [0.15, 0.2) is 0 Å². The largest absolute Gasteiger partial charge is 0.378 e. The van der Waals surface area contributed by atoms with Gasteiger partial charge in [-0.3, -0.25) is 4.79 Å². The Hall–Kier alpha value is -3.07. The molecule has 0 aliphatic carbocycles. The van der Waals surface area contributed by atoms with E-state index in [1.807, 2.05) is 55.4 Å². The van der Waals surface area contributed by atoms with Crippen molar-refractivity contribution in [3.8, 4) is 0 Å². The normalized spacial score (nSPS) is 10.6. The number of nitrogens with zero attached hydrogens (tertiary/aromatic N) is 1. The van der Waals surface area contributed by atoms with Crippen LogP contribution in [0.15, 0.2) is 84.9 Å². The van der Waals surface area contributed by atoms with Crippen LogP contribution in [-0.2, 0) is 0 Å². The summed E-state index contributed by atoms with van der Waals surface area (Å²) in [6, 6.07) is 28.6. The molecule has 0 heterocycles. The minimum atomic E-state index is -0.0276. The smallest absolute Gasteiger partial charge is 0.251 e. The van der Waals surface area contributed by atoms with Gasteiger partial charge in [0.1, 0.15) is 0 Å². The molecule has 138 valence electrons. The fourth-order valence-corrected chi connectivity index (χ4v) is 3.24. The minimum Gasteiger partial charge on any atom is -0.378 e. The highest BCUT2D eigenvalue weighted by atomic mass is 16.1. The van der Waals surface area contributed by atoms with Crippen LogP contribution in [0.25, 0.3) is 0 Å². The number of hydrogen-bond acceptors (Lipinski definition) is 2. The lowest BCUT2D eigenvalue weighted by Gasteiger charge is -2.18. The van der Waals surface area contributed by atoms with E-state index in [9.17, 15) is 4.79 Å². The third-order valence-electron chi connectivity index (χ3n) is 4.77. The molecule has 0 unspecified atom stereocenters. The topological polar surface area (TPSA) is 32.3 Å². The van der Waals surface area contributed by atoms with E-state index in [0.717, 1.165) is 12.1 Å². The van der Waals surface area contributed by atoms with E-state index in [0.29, 0.717) is 12.1 Å². The summed E-state index contributed by atoms with van der Waals surface area (Å²) < 4.78 is 0. The molecule has 0 fully saturated rings. The zero-order valence-corrected chi connectivity index (χ0v) is 15.9. The van der Waals surface area contributed by atoms with Crippen LogP contribution in [-0.4, -0.2) is 26.5 Å². The second-order valence-corrected chi connectivity index (χ2v) is 6.86. The first kappa shape index (κ1) is 18.7. The molecule has 0 aromatic heterocycles. The number of anilines is 1. The summed E-state index contributed by atoms with van der Waals surface area (Å²) in [6.07, 6.45) is 0.857. The number of nitrogens with one attached hydrogen (secondary N) is 1. The summed E-state index contributed by atoms with van der Waals surface area (Å²) in [4.78, 5) is 14.5. The van der Waals surface area contributed by atoms with Gasteiger partial charge >= 0.3 is 0 Å². The van der Waals surface area contributed by atoms with E-state index in [1.165, 1.54) is 11.1 Å². The van der Waals surface area contributed by atoms with Crippen LogP contribution in [0.4, 0.5) is 5.69 Å². The number of rotatable bonds is 7. The molecule has 0 saturated carbocycles. The summed E-state index contributed by atoms with van der Waals surface area (Å²) in [5.74, 6) is 0.240. The fraction of sp³-hybridized carbons (Fsp3) is 0.208. The molecule has 0 radical (unpaired) electrons. The average molecular weight is 358 g/mol. The van der Waals surface area contributed by atoms with Gasteiger partial charge in [-0.1, -0.05) is 60.7 Å². The molecule has 3 rings (SSSR count). The predicted octanol–water partition coefficient (Wildman–Crippen LogP) is 4.70. The Balaban J connectivity index is 1.65. The van der Waals surface area contributed by atoms with Crippen molar-refractivity contribution in [2.45, 2.75) is 12.3 Å². The molecular weight excluding hydrogens is 332 g/mol. The van der Waals surface area contributed by atoms with E-state index < -0.39 is 0 Å². The van der Waals surface area contributed by atoms with Crippen molar-refractivity contribution in [2.24, 2.45) is 0 Å². The van der Waals surface area contributed by atoms with Crippen molar-refractivity contribution in [1.29, 1.82) is 0 Å². The molecule has 0 atom stereocenters. The molecular formula is C24H26N2O. The van der Waals surface area contributed by atoms with Crippen LogP contribution in [0.3, 0.4) is 0 Å². The third-order valence-corrected chi connectivity index (χ3v) is 4.77. The van der Waals surface area contributed by atoms with Crippen LogP contribution in [0.1, 0.15) is 33.8 Å². The first-order valence-electron chi connectivity index (χ1n) is 9.30. The molecule has 1 amide bonds. The maximum absolute atomic E-state index is 12.5. The fourth-order valence-electron chi connectivity index (χ4n) is 3.24. The lowest BCUT2D eigenvalue weighted by Crippen LogP contribution is -2.26. The van der Waals surface area contributed by atoms with Crippen LogP contribution < -0.4 is 10.2 Å². The number of carbonyl (C=O) groups is 1. The standard InChI is InChI=1S/C24H26N2O/c1-26(2)22-15-13-21(14-16-22)24(27)25-18-17-23(19-9-5-3-6-10-19)20-11-7-4-8-12-20/h3-16,23H,17-18H2,1-2H3,(H,25,27). The zero-order valence-electron chi connectivity index (χ0n) is 15.9. The van der Waals surface area contributed by atoms with Gasteiger partial charge < -0.3 is 10.2 Å². The zero-order chi connectivity index (χ0) is 19.1. The molecule has 1 N–H and O–H groups in total. The molecule has 3 heteroatoms. The van der Waals surface area contributed by atoms with Crippen LogP contribution in [0.5, 0.6) is 0 Å². The summed E-state index contributed by atoms with van der Waals surface area (Å²) >= 11 is 0. The summed E-state index contributed by atoms with van der Waals surface area (Å²) in [6.45, 7) is 0.628. The molecule has 0 aliphatic rings. The molecule has 3 aromatic carbocycles. The SMILES string of the molecule is CN(C)c1ccc(C(=O)NCCC(c2ccccc2)c2ccccc2)cc1. The Bertz CT molecular complexity index is 803. The van der Waals surface area contributed by atoms with Gasteiger partial charge in [0.05, 0.1) is 0 Å². The second kappa shape index (κ2) is 9.04. The quantitative estimate of drug-likeness (QED) is 0.664. The number of benzene rings is 3. The maximum atomic E-state index is 12.5. The van der Waals surface area contributed by atoms with Gasteiger partial charge in [0, 0.05) is 37.8 Å². The lowest BCUT2D eigenvalue weighted by molar-refractivity contribution is 0.0953. The molecule has 0 saturated heterocycles. The third kappa shape index (κ3) is 4.98. The van der Waals surface area contributed by atoms with Crippen LogP contribution >= 0.6 is 0 Å². The average Bonchev–Trinajstić information content (AvgIpc) is 2.72. The summed E-state index contributed by atoms with van der Waals surface area (Å²) in [7, 11) is 3.98. The molecule has 0 aliphatic heterocycles. The maximum Gasteiger partial charge on any atom is 0.251 e. The van der Waals surface area contributed by atoms with Gasteiger partial charge in [0.2, 0.25) is 0 Å². The first-order chi connectivity index (χ1) is 13.1. The first-order valence-corrected chi connectivity index (χ1v) is 9.30. The van der Waals surface area contributed by atoms with Crippen molar-refractivity contribution < 1.29 is 4.79 Å². The van der Waals surface area contributed by atoms with E-state index in [2.05, 4.69) is 53.8 Å². The van der Waals surface area contributed by atoms with Crippen molar-refractivity contribution in [3.05, 3.63) is 102 Å². The summed E-state index contributed by atoms with van der Waals surface area (Å²) in [5.41, 5.74) is 4.32. The highest BCUT2D eigenvalue weighted by Crippen LogP contribution is 2.27. The number of hydrogen-bond donors (Lipinski definition) is 1. The molecule has 3 aromatic rings. The Morgan fingerprint density at radius 3 is 1.81 bits per heavy atom. The highest BCUT2D eigenvalue weighted by molar-refractivity contribution is 5.94. The van der Waals surface area contributed by atoms with E-state index in [1.54, 1.807) is 0 Å². The Labute approximate surface area is 161 Å². The van der Waals surface area contributed by atoms with E-state index >= 15 is 0 Å². The van der Waals surface area contributed by atoms with Crippen LogP contribution in [0, 0.1) is 0 Å². The Morgan fingerprint density at radius 1 is 0.815 bits per heavy atom. The number of amides is 1. The Kier molecular flexibility index (Phi) is 6.26. The molecule has 27 heavy (non-hydrogen) atoms. The lowest BCUT2D eigenvalue weighted by atomic mass is 9.88. The molecule has 3 nitrogen and oxygen atoms in total. The van der Waals surface area contributed by atoms with Crippen LogP contribution in [0.2, 0.25) is 0 Å². The van der Waals surface area contributed by atoms with E-state index in [-0.39, 0.29) is 11.8 Å². The Morgan fingerprint density at radius 2 is 1.33 bits per heavy atom. The summed E-state index contributed by atoms with van der Waals surface area (Å²) in [5, 5.41) is 3.07. The van der Waals surface area contributed by atoms with Crippen molar-refractivity contribution in [1.82, 2.24) is 5.32 Å². The monoisotopic (exact) mass is 358 g/mol. The van der Waals surface area contributed by atoms with E-state index in [4.69, 9.17) is 0 Å². The van der Waals surface area contributed by atoms with Gasteiger partial charge in [-0.25, -0.2) is 0 Å².